The Hall–Kier alpha value is -1.05. The minimum absolute atomic E-state index is 0.182. The van der Waals surface area contributed by atoms with Gasteiger partial charge in [0.2, 0.25) is 0 Å². The normalized spacial score (nSPS) is 43.4. The van der Waals surface area contributed by atoms with Gasteiger partial charge in [-0.2, -0.15) is 0 Å². The number of ether oxygens (including phenoxy) is 1. The highest BCUT2D eigenvalue weighted by molar-refractivity contribution is 5.67. The van der Waals surface area contributed by atoms with Crippen LogP contribution in [0.25, 0.3) is 0 Å². The maximum atomic E-state index is 11.2. The van der Waals surface area contributed by atoms with E-state index in [1.807, 2.05) is 0 Å². The van der Waals surface area contributed by atoms with Crippen molar-refractivity contribution in [2.24, 2.45) is 29.1 Å². The van der Waals surface area contributed by atoms with Gasteiger partial charge in [0.15, 0.2) is 0 Å². The van der Waals surface area contributed by atoms with Crippen LogP contribution >= 0.6 is 0 Å². The van der Waals surface area contributed by atoms with Crippen molar-refractivity contribution in [2.45, 2.75) is 65.2 Å². The smallest absolute Gasteiger partial charge is 0.307 e. The molecule has 4 aliphatic rings. The lowest BCUT2D eigenvalue weighted by atomic mass is 9.53. The van der Waals surface area contributed by atoms with Gasteiger partial charge >= 0.3 is 5.97 Å². The second kappa shape index (κ2) is 5.25. The second-order valence-electron chi connectivity index (χ2n) is 8.31. The van der Waals surface area contributed by atoms with Gasteiger partial charge in [0.25, 0.3) is 0 Å². The standard InChI is InChI=1S/C20H28O2/c1-13(21)22-15-6-8-16-14(12-15)5-7-18-17(16)9-11-20(2)10-3-4-19(18)20/h5,12,16-19H,3-4,6-11H2,1-2H3. The second-order valence-corrected chi connectivity index (χ2v) is 8.31. The SMILES string of the molecule is CC(=O)OC1=CC2=CCC3C(CCC4(C)CCCC34)C2CC1. The first-order valence-corrected chi connectivity index (χ1v) is 9.16. The number of carbonyl (C=O) groups is 1. The first-order valence-electron chi connectivity index (χ1n) is 9.16. The number of rotatable bonds is 1. The third-order valence-corrected chi connectivity index (χ3v) is 7.15. The van der Waals surface area contributed by atoms with Gasteiger partial charge in [-0.15, -0.1) is 0 Å². The molecule has 120 valence electrons. The Balaban J connectivity index is 1.58. The van der Waals surface area contributed by atoms with Crippen molar-refractivity contribution in [3.63, 3.8) is 0 Å². The molecule has 0 aromatic carbocycles. The van der Waals surface area contributed by atoms with Crippen LogP contribution in [0.15, 0.2) is 23.5 Å². The maximum absolute atomic E-state index is 11.2. The highest BCUT2D eigenvalue weighted by Gasteiger charge is 2.51. The van der Waals surface area contributed by atoms with Crippen LogP contribution in [0.3, 0.4) is 0 Å². The van der Waals surface area contributed by atoms with Crippen LogP contribution in [-0.2, 0) is 9.53 Å². The van der Waals surface area contributed by atoms with Crippen molar-refractivity contribution in [1.82, 2.24) is 0 Å². The summed E-state index contributed by atoms with van der Waals surface area (Å²) in [6.07, 6.45) is 15.2. The molecule has 2 heteroatoms. The summed E-state index contributed by atoms with van der Waals surface area (Å²) < 4.78 is 5.34. The highest BCUT2D eigenvalue weighted by atomic mass is 16.5. The first-order chi connectivity index (χ1) is 10.6. The summed E-state index contributed by atoms with van der Waals surface area (Å²) in [7, 11) is 0. The minimum Gasteiger partial charge on any atom is -0.431 e. The third-order valence-electron chi connectivity index (χ3n) is 7.15. The Bertz CT molecular complexity index is 544. The number of esters is 1. The van der Waals surface area contributed by atoms with Gasteiger partial charge in [-0.25, -0.2) is 0 Å². The van der Waals surface area contributed by atoms with Crippen molar-refractivity contribution in [3.8, 4) is 0 Å². The largest absolute Gasteiger partial charge is 0.431 e. The summed E-state index contributed by atoms with van der Waals surface area (Å²) >= 11 is 0. The molecular formula is C20H28O2. The number of fused-ring (bicyclic) bond motifs is 5. The van der Waals surface area contributed by atoms with E-state index in [1.165, 1.54) is 57.4 Å². The molecule has 0 aromatic heterocycles. The summed E-state index contributed by atoms with van der Waals surface area (Å²) in [5.41, 5.74) is 2.10. The van der Waals surface area contributed by atoms with Crippen molar-refractivity contribution in [3.05, 3.63) is 23.5 Å². The average Bonchev–Trinajstić information content (AvgIpc) is 2.88. The zero-order valence-corrected chi connectivity index (χ0v) is 13.9. The van der Waals surface area contributed by atoms with Crippen LogP contribution in [0.1, 0.15) is 65.2 Å². The van der Waals surface area contributed by atoms with Gasteiger partial charge in [0.05, 0.1) is 0 Å². The zero-order chi connectivity index (χ0) is 15.3. The van der Waals surface area contributed by atoms with Gasteiger partial charge < -0.3 is 4.74 Å². The Kier molecular flexibility index (Phi) is 3.47. The lowest BCUT2D eigenvalue weighted by molar-refractivity contribution is -0.137. The molecule has 0 amide bonds. The van der Waals surface area contributed by atoms with Crippen molar-refractivity contribution < 1.29 is 9.53 Å². The molecule has 4 aliphatic carbocycles. The molecule has 22 heavy (non-hydrogen) atoms. The fourth-order valence-electron chi connectivity index (χ4n) is 6.19. The van der Waals surface area contributed by atoms with Crippen LogP contribution in [0, 0.1) is 29.1 Å². The van der Waals surface area contributed by atoms with E-state index in [1.54, 1.807) is 0 Å². The van der Waals surface area contributed by atoms with Crippen LogP contribution in [0.4, 0.5) is 0 Å². The van der Waals surface area contributed by atoms with E-state index in [0.29, 0.717) is 5.41 Å². The Morgan fingerprint density at radius 2 is 2.09 bits per heavy atom. The molecule has 0 heterocycles. The Labute approximate surface area is 134 Å². The molecule has 2 nitrogen and oxygen atoms in total. The van der Waals surface area contributed by atoms with E-state index in [-0.39, 0.29) is 5.97 Å². The van der Waals surface area contributed by atoms with E-state index in [4.69, 9.17) is 4.74 Å². The molecule has 0 spiro atoms. The molecule has 5 unspecified atom stereocenters. The number of hydrogen-bond donors (Lipinski definition) is 0. The molecule has 0 aliphatic heterocycles. The fraction of sp³-hybridized carbons (Fsp3) is 0.750. The van der Waals surface area contributed by atoms with E-state index < -0.39 is 0 Å². The van der Waals surface area contributed by atoms with Crippen LogP contribution < -0.4 is 0 Å². The molecule has 2 saturated carbocycles. The fourth-order valence-corrected chi connectivity index (χ4v) is 6.19. The maximum Gasteiger partial charge on any atom is 0.307 e. The molecule has 0 aromatic rings. The number of carbonyl (C=O) groups excluding carboxylic acids is 1. The predicted molar refractivity (Wildman–Crippen MR) is 86.9 cm³/mol. The molecule has 5 atom stereocenters. The molecule has 0 N–H and O–H groups in total. The predicted octanol–water partition coefficient (Wildman–Crippen LogP) is 5.01. The molecule has 2 fully saturated rings. The highest BCUT2D eigenvalue weighted by Crippen LogP contribution is 2.61. The third kappa shape index (κ3) is 2.26. The summed E-state index contributed by atoms with van der Waals surface area (Å²) in [6, 6.07) is 0. The van der Waals surface area contributed by atoms with Gasteiger partial charge in [-0.3, -0.25) is 4.79 Å². The Morgan fingerprint density at radius 3 is 2.91 bits per heavy atom. The van der Waals surface area contributed by atoms with Gasteiger partial charge in [-0.05, 0) is 79.3 Å². The summed E-state index contributed by atoms with van der Waals surface area (Å²) in [5.74, 6) is 4.18. The quantitative estimate of drug-likeness (QED) is 0.637. The van der Waals surface area contributed by atoms with Crippen LogP contribution in [0.2, 0.25) is 0 Å². The molecule has 4 rings (SSSR count). The van der Waals surface area contributed by atoms with E-state index in [0.717, 1.165) is 35.9 Å². The van der Waals surface area contributed by atoms with Gasteiger partial charge in [-0.1, -0.05) is 19.4 Å². The molecule has 0 saturated heterocycles. The van der Waals surface area contributed by atoms with E-state index in [2.05, 4.69) is 19.1 Å². The zero-order valence-electron chi connectivity index (χ0n) is 13.9. The van der Waals surface area contributed by atoms with Gasteiger partial charge in [0, 0.05) is 13.3 Å². The van der Waals surface area contributed by atoms with Crippen molar-refractivity contribution in [1.29, 1.82) is 0 Å². The van der Waals surface area contributed by atoms with Gasteiger partial charge in [0.1, 0.15) is 5.76 Å². The lowest BCUT2D eigenvalue weighted by Crippen LogP contribution is -2.43. The lowest BCUT2D eigenvalue weighted by Gasteiger charge is -2.51. The molecular weight excluding hydrogens is 272 g/mol. The van der Waals surface area contributed by atoms with E-state index in [9.17, 15) is 4.79 Å². The van der Waals surface area contributed by atoms with Crippen molar-refractivity contribution >= 4 is 5.97 Å². The minimum atomic E-state index is -0.182. The summed E-state index contributed by atoms with van der Waals surface area (Å²) in [4.78, 5) is 11.2. The Morgan fingerprint density at radius 1 is 1.23 bits per heavy atom. The average molecular weight is 300 g/mol. The topological polar surface area (TPSA) is 26.3 Å². The first kappa shape index (κ1) is 14.5. The molecule has 0 radical (unpaired) electrons. The van der Waals surface area contributed by atoms with Crippen LogP contribution in [0.5, 0.6) is 0 Å². The summed E-state index contributed by atoms with van der Waals surface area (Å²) in [5, 5.41) is 0. The molecule has 0 bridgehead atoms. The number of allylic oxidation sites excluding steroid dienone is 4. The van der Waals surface area contributed by atoms with Crippen molar-refractivity contribution in [2.75, 3.05) is 0 Å². The number of hydrogen-bond acceptors (Lipinski definition) is 2. The van der Waals surface area contributed by atoms with Crippen LogP contribution in [-0.4, -0.2) is 5.97 Å². The summed E-state index contributed by atoms with van der Waals surface area (Å²) in [6.45, 7) is 4.06. The van der Waals surface area contributed by atoms with E-state index >= 15 is 0 Å². The monoisotopic (exact) mass is 300 g/mol.